The first-order valence-corrected chi connectivity index (χ1v) is 12.9. The Morgan fingerprint density at radius 2 is 1.53 bits per heavy atom. The van der Waals surface area contributed by atoms with Gasteiger partial charge in [-0.05, 0) is 39.0 Å². The number of quaternary nitrogens is 1. The molecule has 1 atom stereocenters. The predicted octanol–water partition coefficient (Wildman–Crippen LogP) is 6.41. The maximum atomic E-state index is 11.2. The number of rotatable bonds is 19. The summed E-state index contributed by atoms with van der Waals surface area (Å²) in [5, 5.41) is 2.96. The van der Waals surface area contributed by atoms with Crippen molar-refractivity contribution < 1.29 is 9.28 Å². The van der Waals surface area contributed by atoms with Crippen LogP contribution < -0.4 is 5.32 Å². The molecule has 1 aliphatic heterocycles. The monoisotopic (exact) mass is 420 g/mol. The van der Waals surface area contributed by atoms with Gasteiger partial charge in [-0.25, -0.2) is 4.99 Å². The van der Waals surface area contributed by atoms with E-state index in [9.17, 15) is 4.79 Å². The van der Waals surface area contributed by atoms with Gasteiger partial charge >= 0.3 is 0 Å². The van der Waals surface area contributed by atoms with Crippen LogP contribution in [0, 0.1) is 0 Å². The van der Waals surface area contributed by atoms with Crippen molar-refractivity contribution in [2.45, 2.75) is 111 Å². The number of likely N-dealkylation sites (N-methyl/N-ethyl adjacent to an activating group) is 1. The van der Waals surface area contributed by atoms with Crippen molar-refractivity contribution in [1.82, 2.24) is 5.32 Å². The number of carbonyl (C=O) groups is 1. The van der Waals surface area contributed by atoms with E-state index >= 15 is 0 Å². The van der Waals surface area contributed by atoms with Crippen LogP contribution in [0.4, 0.5) is 0 Å². The molecular weight excluding hydrogens is 370 g/mol. The summed E-state index contributed by atoms with van der Waals surface area (Å²) in [6.45, 7) is 11.0. The molecule has 1 amide bonds. The number of amidine groups is 1. The lowest BCUT2D eigenvalue weighted by Crippen LogP contribution is -2.54. The van der Waals surface area contributed by atoms with Crippen LogP contribution in [-0.2, 0) is 4.79 Å². The van der Waals surface area contributed by atoms with Gasteiger partial charge < -0.3 is 5.32 Å². The molecule has 0 aliphatic carbocycles. The van der Waals surface area contributed by atoms with Gasteiger partial charge in [-0.1, -0.05) is 70.4 Å². The molecule has 4 heteroatoms. The molecule has 30 heavy (non-hydrogen) atoms. The Morgan fingerprint density at radius 1 is 0.933 bits per heavy atom. The molecule has 0 bridgehead atoms. The number of unbranched alkanes of at least 4 members (excludes halogenated alkanes) is 11. The third-order valence-electron chi connectivity index (χ3n) is 6.55. The molecule has 1 aliphatic rings. The van der Waals surface area contributed by atoms with Crippen molar-refractivity contribution in [3.8, 4) is 0 Å². The summed E-state index contributed by atoms with van der Waals surface area (Å²) in [5.74, 6) is 1.45. The largest absolute Gasteiger partial charge is 0.351 e. The highest BCUT2D eigenvalue weighted by atomic mass is 16.1. The molecule has 0 aromatic heterocycles. The molecule has 0 aromatic rings. The quantitative estimate of drug-likeness (QED) is 0.146. The molecular formula is C26H50N3O+. The topological polar surface area (TPSA) is 41.5 Å². The number of carbonyl (C=O) groups excluding carboxylic acids is 1. The molecule has 0 fully saturated rings. The van der Waals surface area contributed by atoms with Gasteiger partial charge in [-0.3, -0.25) is 9.28 Å². The Labute approximate surface area is 187 Å². The lowest BCUT2D eigenvalue weighted by atomic mass is 10.1. The van der Waals surface area contributed by atoms with Gasteiger partial charge in [0, 0.05) is 13.3 Å². The highest BCUT2D eigenvalue weighted by molar-refractivity contribution is 5.77. The Kier molecular flexibility index (Phi) is 15.7. The zero-order valence-electron chi connectivity index (χ0n) is 20.4. The molecule has 0 aromatic carbocycles. The summed E-state index contributed by atoms with van der Waals surface area (Å²) >= 11 is 0. The third-order valence-corrected chi connectivity index (χ3v) is 6.55. The Hall–Kier alpha value is -1.16. The minimum atomic E-state index is 0.0702. The zero-order chi connectivity index (χ0) is 21.9. The van der Waals surface area contributed by atoms with Crippen LogP contribution in [-0.4, -0.2) is 48.9 Å². The first-order valence-electron chi connectivity index (χ1n) is 12.9. The first-order chi connectivity index (χ1) is 14.6. The number of hydrogen-bond acceptors (Lipinski definition) is 2. The summed E-state index contributed by atoms with van der Waals surface area (Å²) in [7, 11) is 0. The minimum absolute atomic E-state index is 0.0702. The van der Waals surface area contributed by atoms with Crippen molar-refractivity contribution in [2.24, 2.45) is 4.99 Å². The molecule has 0 spiro atoms. The summed E-state index contributed by atoms with van der Waals surface area (Å²) in [6.07, 6.45) is 23.4. The molecule has 1 heterocycles. The number of nitrogens with zero attached hydrogens (tertiary/aromatic N) is 2. The molecule has 1 rings (SSSR count). The predicted molar refractivity (Wildman–Crippen MR) is 131 cm³/mol. The minimum Gasteiger partial charge on any atom is -0.351 e. The summed E-state index contributed by atoms with van der Waals surface area (Å²) in [5.41, 5.74) is 0. The fourth-order valence-corrected chi connectivity index (χ4v) is 4.51. The molecule has 174 valence electrons. The van der Waals surface area contributed by atoms with Crippen molar-refractivity contribution in [2.75, 3.05) is 32.7 Å². The van der Waals surface area contributed by atoms with Crippen LogP contribution >= 0.6 is 0 Å². The van der Waals surface area contributed by atoms with Crippen LogP contribution in [0.15, 0.2) is 17.1 Å². The highest BCUT2D eigenvalue weighted by Crippen LogP contribution is 2.20. The van der Waals surface area contributed by atoms with E-state index in [-0.39, 0.29) is 5.91 Å². The van der Waals surface area contributed by atoms with Gasteiger partial charge in [0.1, 0.15) is 13.1 Å². The van der Waals surface area contributed by atoms with Crippen LogP contribution in [0.1, 0.15) is 111 Å². The van der Waals surface area contributed by atoms with Crippen LogP contribution in [0.25, 0.3) is 0 Å². The van der Waals surface area contributed by atoms with Gasteiger partial charge in [0.25, 0.3) is 0 Å². The second-order valence-electron chi connectivity index (χ2n) is 9.02. The molecule has 1 unspecified atom stereocenters. The van der Waals surface area contributed by atoms with Crippen LogP contribution in [0.5, 0.6) is 0 Å². The standard InChI is InChI=1S/C26H49N3O/c1-4-6-7-8-9-10-11-12-13-14-15-16-17-18-19-20-26-28-22-24-29(26,5-2)23-21-27-25(3)30/h9-10H,4-8,11-24H2,1-3H3/p+1/b10-9+. The first kappa shape index (κ1) is 26.9. The summed E-state index contributed by atoms with van der Waals surface area (Å²) in [6, 6.07) is 0. The van der Waals surface area contributed by atoms with E-state index in [2.05, 4.69) is 31.3 Å². The second kappa shape index (κ2) is 17.5. The number of allylic oxidation sites excluding steroid dienone is 2. The number of amides is 1. The van der Waals surface area contributed by atoms with E-state index in [0.717, 1.165) is 43.6 Å². The Bertz CT molecular complexity index is 501. The normalized spacial score (nSPS) is 18.8. The Balaban J connectivity index is 2.01. The van der Waals surface area contributed by atoms with Gasteiger partial charge in [0.05, 0.1) is 19.6 Å². The highest BCUT2D eigenvalue weighted by Gasteiger charge is 2.35. The van der Waals surface area contributed by atoms with Gasteiger partial charge in [-0.15, -0.1) is 0 Å². The van der Waals surface area contributed by atoms with E-state index in [1.54, 1.807) is 6.92 Å². The maximum Gasteiger partial charge on any atom is 0.217 e. The molecule has 0 saturated heterocycles. The zero-order valence-corrected chi connectivity index (χ0v) is 20.4. The van der Waals surface area contributed by atoms with E-state index < -0.39 is 0 Å². The molecule has 4 nitrogen and oxygen atoms in total. The van der Waals surface area contributed by atoms with Gasteiger partial charge in [0.2, 0.25) is 5.91 Å². The van der Waals surface area contributed by atoms with Crippen molar-refractivity contribution in [3.05, 3.63) is 12.2 Å². The van der Waals surface area contributed by atoms with E-state index in [0.29, 0.717) is 0 Å². The van der Waals surface area contributed by atoms with E-state index in [1.807, 2.05) is 0 Å². The van der Waals surface area contributed by atoms with Crippen LogP contribution in [0.2, 0.25) is 0 Å². The number of hydrogen-bond donors (Lipinski definition) is 1. The lowest BCUT2D eigenvalue weighted by Gasteiger charge is -2.33. The van der Waals surface area contributed by atoms with Gasteiger partial charge in [0.15, 0.2) is 5.84 Å². The fraction of sp³-hybridized carbons (Fsp3) is 0.846. The smallest absolute Gasteiger partial charge is 0.217 e. The fourth-order valence-electron chi connectivity index (χ4n) is 4.51. The third kappa shape index (κ3) is 11.9. The molecule has 1 N–H and O–H groups in total. The van der Waals surface area contributed by atoms with E-state index in [1.165, 1.54) is 89.3 Å². The maximum absolute atomic E-state index is 11.2. The van der Waals surface area contributed by atoms with Crippen molar-refractivity contribution >= 4 is 11.7 Å². The van der Waals surface area contributed by atoms with Crippen molar-refractivity contribution in [3.63, 3.8) is 0 Å². The van der Waals surface area contributed by atoms with Crippen molar-refractivity contribution in [1.29, 1.82) is 0 Å². The van der Waals surface area contributed by atoms with Gasteiger partial charge in [-0.2, -0.15) is 0 Å². The average molecular weight is 421 g/mol. The van der Waals surface area contributed by atoms with Crippen LogP contribution in [0.3, 0.4) is 0 Å². The van der Waals surface area contributed by atoms with E-state index in [4.69, 9.17) is 4.99 Å². The molecule has 0 saturated carbocycles. The summed E-state index contributed by atoms with van der Waals surface area (Å²) < 4.78 is 0.993. The number of nitrogens with one attached hydrogen (secondary N) is 1. The average Bonchev–Trinajstić information content (AvgIpc) is 3.13. The molecule has 0 radical (unpaired) electrons. The Morgan fingerprint density at radius 3 is 2.13 bits per heavy atom. The second-order valence-corrected chi connectivity index (χ2v) is 9.02. The summed E-state index contributed by atoms with van der Waals surface area (Å²) in [4.78, 5) is 16.0. The SMILES string of the molecule is CCCCC/C=C/CCCCCCCCCCC1=NCC[N+]1(CC)CCNC(C)=O. The number of aliphatic imine (C=N–C) groups is 1. The lowest BCUT2D eigenvalue weighted by molar-refractivity contribution is -0.833.